The third kappa shape index (κ3) is 2.59. The molecule has 2 aromatic rings. The van der Waals surface area contributed by atoms with Gasteiger partial charge in [0.25, 0.3) is 0 Å². The van der Waals surface area contributed by atoms with Crippen LogP contribution in [-0.4, -0.2) is 33.9 Å². The number of benzene rings is 1. The maximum atomic E-state index is 13.0. The summed E-state index contributed by atoms with van der Waals surface area (Å²) >= 11 is 0. The van der Waals surface area contributed by atoms with Crippen LogP contribution < -0.4 is 4.74 Å². The second kappa shape index (κ2) is 6.11. The molecule has 1 aromatic carbocycles. The van der Waals surface area contributed by atoms with E-state index in [0.717, 1.165) is 17.7 Å². The second-order valence-electron chi connectivity index (χ2n) is 8.95. The normalized spacial score (nSPS) is 28.3. The van der Waals surface area contributed by atoms with Crippen LogP contribution in [0.2, 0.25) is 0 Å². The number of hydrogen-bond acceptors (Lipinski definition) is 3. The van der Waals surface area contributed by atoms with Gasteiger partial charge in [-0.05, 0) is 36.0 Å². The molecule has 144 valence electrons. The van der Waals surface area contributed by atoms with Gasteiger partial charge in [0.2, 0.25) is 0 Å². The summed E-state index contributed by atoms with van der Waals surface area (Å²) in [5.41, 5.74) is 2.20. The zero-order valence-corrected chi connectivity index (χ0v) is 16.9. The first-order valence-corrected chi connectivity index (χ1v) is 9.78. The van der Waals surface area contributed by atoms with Gasteiger partial charge in [-0.2, -0.15) is 5.10 Å². The molecule has 2 fully saturated rings. The van der Waals surface area contributed by atoms with Gasteiger partial charge in [0.15, 0.2) is 5.75 Å². The summed E-state index contributed by atoms with van der Waals surface area (Å²) in [6, 6.07) is 10.1. The smallest absolute Gasteiger partial charge is 0.406 e. The van der Waals surface area contributed by atoms with E-state index in [9.17, 15) is 4.79 Å². The van der Waals surface area contributed by atoms with E-state index < -0.39 is 0 Å². The molecular weight excluding hydrogens is 338 g/mol. The number of aryl methyl sites for hydroxylation is 1. The van der Waals surface area contributed by atoms with Gasteiger partial charge >= 0.3 is 6.09 Å². The largest absolute Gasteiger partial charge is 0.415 e. The van der Waals surface area contributed by atoms with Gasteiger partial charge in [-0.25, -0.2) is 4.79 Å². The summed E-state index contributed by atoms with van der Waals surface area (Å²) in [5.74, 6) is 1.19. The standard InChI is InChI=1S/C22H29N3O2/c1-21(2)16-11-12-22(21,3)18(13-16)24(4)20(26)27-17-14-23-25(5)19(17)15-9-7-6-8-10-15/h6-10,14,16,18H,11-13H2,1-5H3/t16-,18+,22+/m1/s1. The molecule has 1 heterocycles. The van der Waals surface area contributed by atoms with Gasteiger partial charge < -0.3 is 9.64 Å². The Kier molecular flexibility index (Phi) is 4.09. The summed E-state index contributed by atoms with van der Waals surface area (Å²) in [7, 11) is 3.75. The Morgan fingerprint density at radius 3 is 2.56 bits per heavy atom. The van der Waals surface area contributed by atoms with Gasteiger partial charge in [0.1, 0.15) is 5.69 Å². The molecule has 0 saturated heterocycles. The molecule has 0 unspecified atom stereocenters. The van der Waals surface area contributed by atoms with Gasteiger partial charge in [0, 0.05) is 25.7 Å². The monoisotopic (exact) mass is 367 g/mol. The predicted octanol–water partition coefficient (Wildman–Crippen LogP) is 4.73. The van der Waals surface area contributed by atoms with Crippen LogP contribution in [0.5, 0.6) is 5.75 Å². The third-order valence-corrected chi connectivity index (χ3v) is 7.65. The minimum Gasteiger partial charge on any atom is -0.406 e. The lowest BCUT2D eigenvalue weighted by atomic mass is 9.69. The highest BCUT2D eigenvalue weighted by molar-refractivity contribution is 5.75. The summed E-state index contributed by atoms with van der Waals surface area (Å²) in [4.78, 5) is 14.8. The molecule has 2 saturated carbocycles. The zero-order valence-electron chi connectivity index (χ0n) is 16.9. The van der Waals surface area contributed by atoms with E-state index in [2.05, 4.69) is 25.9 Å². The van der Waals surface area contributed by atoms with Crippen molar-refractivity contribution in [3.05, 3.63) is 36.5 Å². The molecule has 27 heavy (non-hydrogen) atoms. The SMILES string of the molecule is CN(C(=O)Oc1cnn(C)c1-c1ccccc1)[C@H]1C[C@H]2CC[C@]1(C)C2(C)C. The first kappa shape index (κ1) is 18.1. The average Bonchev–Trinajstić information content (AvgIpc) is 3.18. The van der Waals surface area contributed by atoms with Crippen molar-refractivity contribution in [3.8, 4) is 17.0 Å². The van der Waals surface area contributed by atoms with E-state index in [4.69, 9.17) is 4.74 Å². The minimum atomic E-state index is -0.297. The Morgan fingerprint density at radius 2 is 1.96 bits per heavy atom. The first-order valence-electron chi connectivity index (χ1n) is 9.78. The van der Waals surface area contributed by atoms with Crippen molar-refractivity contribution in [2.24, 2.45) is 23.8 Å². The van der Waals surface area contributed by atoms with Crippen molar-refractivity contribution in [2.75, 3.05) is 7.05 Å². The predicted molar refractivity (Wildman–Crippen MR) is 105 cm³/mol. The van der Waals surface area contributed by atoms with Crippen LogP contribution >= 0.6 is 0 Å². The van der Waals surface area contributed by atoms with E-state index >= 15 is 0 Å². The fourth-order valence-corrected chi connectivity index (χ4v) is 5.46. The maximum Gasteiger partial charge on any atom is 0.415 e. The summed E-state index contributed by atoms with van der Waals surface area (Å²) in [5, 5.41) is 4.30. The number of hydrogen-bond donors (Lipinski definition) is 0. The highest BCUT2D eigenvalue weighted by Crippen LogP contribution is 2.66. The molecule has 1 aromatic heterocycles. The average molecular weight is 367 g/mol. The molecule has 0 spiro atoms. The summed E-state index contributed by atoms with van der Waals surface area (Å²) < 4.78 is 7.57. The van der Waals surface area contributed by atoms with Crippen LogP contribution in [0.25, 0.3) is 11.3 Å². The molecular formula is C22H29N3O2. The molecule has 4 rings (SSSR count). The highest BCUT2D eigenvalue weighted by atomic mass is 16.6. The third-order valence-electron chi connectivity index (χ3n) is 7.65. The number of carbonyl (C=O) groups excluding carboxylic acids is 1. The first-order chi connectivity index (χ1) is 12.8. The van der Waals surface area contributed by atoms with E-state index in [-0.39, 0.29) is 23.0 Å². The molecule has 1 amide bonds. The quantitative estimate of drug-likeness (QED) is 0.788. The molecule has 5 nitrogen and oxygen atoms in total. The van der Waals surface area contributed by atoms with Crippen molar-refractivity contribution in [3.63, 3.8) is 0 Å². The molecule has 2 aliphatic carbocycles. The van der Waals surface area contributed by atoms with E-state index in [1.807, 2.05) is 49.3 Å². The molecule has 3 atom stereocenters. The van der Waals surface area contributed by atoms with E-state index in [0.29, 0.717) is 11.7 Å². The number of fused-ring (bicyclic) bond motifs is 2. The molecule has 0 N–H and O–H groups in total. The van der Waals surface area contributed by atoms with Gasteiger partial charge in [-0.1, -0.05) is 51.1 Å². The zero-order chi connectivity index (χ0) is 19.4. The van der Waals surface area contributed by atoms with Gasteiger partial charge in [-0.15, -0.1) is 0 Å². The second-order valence-corrected chi connectivity index (χ2v) is 8.95. The van der Waals surface area contributed by atoms with Crippen molar-refractivity contribution in [1.82, 2.24) is 14.7 Å². The number of rotatable bonds is 3. The Bertz CT molecular complexity index is 858. The topological polar surface area (TPSA) is 47.4 Å². The molecule has 0 radical (unpaired) electrons. The van der Waals surface area contributed by atoms with Crippen molar-refractivity contribution in [1.29, 1.82) is 0 Å². The number of nitrogens with zero attached hydrogens (tertiary/aromatic N) is 3. The lowest BCUT2D eigenvalue weighted by Gasteiger charge is -2.42. The van der Waals surface area contributed by atoms with Crippen LogP contribution in [0.15, 0.2) is 36.5 Å². The maximum absolute atomic E-state index is 13.0. The number of aromatic nitrogens is 2. The lowest BCUT2D eigenvalue weighted by Crippen LogP contribution is -2.48. The lowest BCUT2D eigenvalue weighted by molar-refractivity contribution is 0.0592. The van der Waals surface area contributed by atoms with Crippen LogP contribution in [-0.2, 0) is 7.05 Å². The summed E-state index contributed by atoms with van der Waals surface area (Å²) in [6.45, 7) is 7.06. The number of carbonyl (C=O) groups is 1. The van der Waals surface area contributed by atoms with Gasteiger partial charge in [-0.3, -0.25) is 4.68 Å². The Balaban J connectivity index is 1.56. The Morgan fingerprint density at radius 1 is 1.26 bits per heavy atom. The number of ether oxygens (including phenoxy) is 1. The van der Waals surface area contributed by atoms with Crippen molar-refractivity contribution < 1.29 is 9.53 Å². The molecule has 0 aliphatic heterocycles. The highest BCUT2D eigenvalue weighted by Gasteiger charge is 2.63. The van der Waals surface area contributed by atoms with E-state index in [1.54, 1.807) is 10.9 Å². The summed E-state index contributed by atoms with van der Waals surface area (Å²) in [6.07, 6.45) is 4.84. The van der Waals surface area contributed by atoms with Crippen LogP contribution in [0.1, 0.15) is 40.0 Å². The molecule has 2 bridgehead atoms. The van der Waals surface area contributed by atoms with E-state index in [1.165, 1.54) is 12.8 Å². The van der Waals surface area contributed by atoms with Gasteiger partial charge in [0.05, 0.1) is 6.20 Å². The van der Waals surface area contributed by atoms with Crippen LogP contribution in [0.3, 0.4) is 0 Å². The fraction of sp³-hybridized carbons (Fsp3) is 0.545. The Labute approximate surface area is 161 Å². The van der Waals surface area contributed by atoms with Crippen LogP contribution in [0, 0.1) is 16.7 Å². The number of amides is 1. The molecule has 2 aliphatic rings. The van der Waals surface area contributed by atoms with Crippen molar-refractivity contribution >= 4 is 6.09 Å². The fourth-order valence-electron chi connectivity index (χ4n) is 5.46. The van der Waals surface area contributed by atoms with Crippen LogP contribution in [0.4, 0.5) is 4.79 Å². The Hall–Kier alpha value is -2.30. The molecule has 5 heteroatoms. The minimum absolute atomic E-state index is 0.142. The van der Waals surface area contributed by atoms with Crippen molar-refractivity contribution in [2.45, 2.75) is 46.1 Å².